The Balaban J connectivity index is 2.13. The highest BCUT2D eigenvalue weighted by Gasteiger charge is 2.26. The molecule has 0 saturated carbocycles. The first kappa shape index (κ1) is 11.1. The van der Waals surface area contributed by atoms with Gasteiger partial charge in [0.1, 0.15) is 0 Å². The van der Waals surface area contributed by atoms with Gasteiger partial charge < -0.3 is 10.6 Å². The molecule has 2 N–H and O–H groups in total. The molecular weight excluding hydrogens is 204 g/mol. The molecule has 1 unspecified atom stereocenters. The second-order valence-corrected chi connectivity index (χ2v) is 4.29. The van der Waals surface area contributed by atoms with Crippen molar-refractivity contribution >= 4 is 5.91 Å². The van der Waals surface area contributed by atoms with Crippen LogP contribution in [0.2, 0.25) is 0 Å². The molecular formula is C11H18N4O. The zero-order valence-electron chi connectivity index (χ0n) is 9.59. The van der Waals surface area contributed by atoms with E-state index in [9.17, 15) is 4.79 Å². The lowest BCUT2D eigenvalue weighted by Crippen LogP contribution is -2.47. The lowest BCUT2D eigenvalue weighted by atomic mass is 10.0. The number of piperidine rings is 1. The Morgan fingerprint density at radius 1 is 1.62 bits per heavy atom. The van der Waals surface area contributed by atoms with Gasteiger partial charge >= 0.3 is 0 Å². The van der Waals surface area contributed by atoms with Crippen LogP contribution in [0.1, 0.15) is 29.6 Å². The van der Waals surface area contributed by atoms with E-state index in [1.54, 1.807) is 17.1 Å². The van der Waals surface area contributed by atoms with Crippen molar-refractivity contribution in [1.82, 2.24) is 14.7 Å². The Morgan fingerprint density at radius 2 is 2.44 bits per heavy atom. The Hall–Kier alpha value is -1.36. The van der Waals surface area contributed by atoms with Crippen LogP contribution in [0, 0.1) is 0 Å². The smallest absolute Gasteiger partial charge is 0.257 e. The molecule has 5 nitrogen and oxygen atoms in total. The molecule has 1 saturated heterocycles. The Morgan fingerprint density at radius 3 is 3.06 bits per heavy atom. The minimum atomic E-state index is 0.0586. The van der Waals surface area contributed by atoms with Crippen molar-refractivity contribution in [3.63, 3.8) is 0 Å². The molecule has 1 atom stereocenters. The lowest BCUT2D eigenvalue weighted by molar-refractivity contribution is 0.0623. The minimum absolute atomic E-state index is 0.0586. The van der Waals surface area contributed by atoms with Crippen LogP contribution in [-0.2, 0) is 7.05 Å². The molecule has 16 heavy (non-hydrogen) atoms. The first-order chi connectivity index (χ1) is 7.72. The van der Waals surface area contributed by atoms with Crippen molar-refractivity contribution < 1.29 is 4.79 Å². The van der Waals surface area contributed by atoms with Crippen molar-refractivity contribution in [3.8, 4) is 0 Å². The highest BCUT2D eigenvalue weighted by molar-refractivity contribution is 5.94. The summed E-state index contributed by atoms with van der Waals surface area (Å²) in [5.74, 6) is 0.0586. The first-order valence-corrected chi connectivity index (χ1v) is 5.72. The molecule has 1 fully saturated rings. The van der Waals surface area contributed by atoms with Crippen LogP contribution in [0.5, 0.6) is 0 Å². The van der Waals surface area contributed by atoms with Crippen molar-refractivity contribution in [2.24, 2.45) is 12.8 Å². The molecule has 1 aromatic heterocycles. The van der Waals surface area contributed by atoms with E-state index < -0.39 is 0 Å². The summed E-state index contributed by atoms with van der Waals surface area (Å²) in [5.41, 5.74) is 6.36. The van der Waals surface area contributed by atoms with E-state index in [1.807, 2.05) is 11.9 Å². The fourth-order valence-electron chi connectivity index (χ4n) is 2.21. The number of hydrogen-bond donors (Lipinski definition) is 1. The number of amides is 1. The summed E-state index contributed by atoms with van der Waals surface area (Å²) in [7, 11) is 1.81. The van der Waals surface area contributed by atoms with E-state index in [2.05, 4.69) is 5.10 Å². The van der Waals surface area contributed by atoms with Crippen LogP contribution in [0.4, 0.5) is 0 Å². The number of carbonyl (C=O) groups excluding carboxylic acids is 1. The SMILES string of the molecule is Cn1cc(C(=O)N2CCCCC2CN)cn1. The van der Waals surface area contributed by atoms with Gasteiger partial charge in [-0.15, -0.1) is 0 Å². The molecule has 2 rings (SSSR count). The standard InChI is InChI=1S/C11H18N4O/c1-14-8-9(7-13-14)11(16)15-5-3-2-4-10(15)6-12/h7-8,10H,2-6,12H2,1H3. The summed E-state index contributed by atoms with van der Waals surface area (Å²) in [4.78, 5) is 14.1. The predicted octanol–water partition coefficient (Wildman–Crippen LogP) is 0.374. The Labute approximate surface area is 95.2 Å². The number of rotatable bonds is 2. The van der Waals surface area contributed by atoms with Gasteiger partial charge in [-0.2, -0.15) is 5.10 Å². The van der Waals surface area contributed by atoms with Crippen molar-refractivity contribution in [2.45, 2.75) is 25.3 Å². The third-order valence-corrected chi connectivity index (χ3v) is 3.11. The fraction of sp³-hybridized carbons (Fsp3) is 0.636. The van der Waals surface area contributed by atoms with Crippen LogP contribution in [-0.4, -0.2) is 39.7 Å². The number of hydrogen-bond acceptors (Lipinski definition) is 3. The van der Waals surface area contributed by atoms with E-state index in [-0.39, 0.29) is 11.9 Å². The second-order valence-electron chi connectivity index (χ2n) is 4.29. The third-order valence-electron chi connectivity index (χ3n) is 3.11. The average molecular weight is 222 g/mol. The first-order valence-electron chi connectivity index (χ1n) is 5.72. The van der Waals surface area contributed by atoms with Crippen molar-refractivity contribution in [2.75, 3.05) is 13.1 Å². The Bertz CT molecular complexity index is 374. The summed E-state index contributed by atoms with van der Waals surface area (Å²) in [6, 6.07) is 0.196. The van der Waals surface area contributed by atoms with Crippen LogP contribution >= 0.6 is 0 Å². The number of likely N-dealkylation sites (tertiary alicyclic amines) is 1. The van der Waals surface area contributed by atoms with Gasteiger partial charge in [-0.1, -0.05) is 0 Å². The topological polar surface area (TPSA) is 64.2 Å². The van der Waals surface area contributed by atoms with E-state index >= 15 is 0 Å². The molecule has 0 aliphatic carbocycles. The number of nitrogens with two attached hydrogens (primary N) is 1. The van der Waals surface area contributed by atoms with Gasteiger partial charge in [-0.3, -0.25) is 9.48 Å². The fourth-order valence-corrected chi connectivity index (χ4v) is 2.21. The molecule has 5 heteroatoms. The normalized spacial score (nSPS) is 21.1. The van der Waals surface area contributed by atoms with Gasteiger partial charge in [0.15, 0.2) is 0 Å². The van der Waals surface area contributed by atoms with Crippen molar-refractivity contribution in [1.29, 1.82) is 0 Å². The van der Waals surface area contributed by atoms with Gasteiger partial charge in [0.2, 0.25) is 0 Å². The lowest BCUT2D eigenvalue weighted by Gasteiger charge is -2.34. The highest BCUT2D eigenvalue weighted by atomic mass is 16.2. The Kier molecular flexibility index (Phi) is 3.24. The van der Waals surface area contributed by atoms with Gasteiger partial charge in [0.05, 0.1) is 11.8 Å². The number of nitrogens with zero attached hydrogens (tertiary/aromatic N) is 3. The summed E-state index contributed by atoms with van der Waals surface area (Å²) in [5, 5.41) is 4.02. The largest absolute Gasteiger partial charge is 0.334 e. The summed E-state index contributed by atoms with van der Waals surface area (Å²) < 4.78 is 1.65. The van der Waals surface area contributed by atoms with Crippen LogP contribution < -0.4 is 5.73 Å². The van der Waals surface area contributed by atoms with Crippen molar-refractivity contribution in [3.05, 3.63) is 18.0 Å². The molecule has 2 heterocycles. The van der Waals surface area contributed by atoms with E-state index in [0.717, 1.165) is 19.4 Å². The number of carbonyl (C=O) groups is 1. The zero-order chi connectivity index (χ0) is 11.5. The van der Waals surface area contributed by atoms with Crippen LogP contribution in [0.25, 0.3) is 0 Å². The van der Waals surface area contributed by atoms with Gasteiger partial charge in [-0.25, -0.2) is 0 Å². The summed E-state index contributed by atoms with van der Waals surface area (Å²) in [6.07, 6.45) is 6.62. The van der Waals surface area contributed by atoms with E-state index in [4.69, 9.17) is 5.73 Å². The molecule has 88 valence electrons. The highest BCUT2D eigenvalue weighted by Crippen LogP contribution is 2.18. The van der Waals surface area contributed by atoms with E-state index in [0.29, 0.717) is 12.1 Å². The van der Waals surface area contributed by atoms with Gasteiger partial charge in [-0.05, 0) is 19.3 Å². The maximum atomic E-state index is 12.2. The molecule has 1 aliphatic rings. The van der Waals surface area contributed by atoms with Gasteiger partial charge in [0, 0.05) is 32.4 Å². The molecule has 0 aromatic carbocycles. The summed E-state index contributed by atoms with van der Waals surface area (Å²) >= 11 is 0. The molecule has 1 aromatic rings. The van der Waals surface area contributed by atoms with Crippen LogP contribution in [0.15, 0.2) is 12.4 Å². The molecule has 0 spiro atoms. The number of aryl methyl sites for hydroxylation is 1. The zero-order valence-corrected chi connectivity index (χ0v) is 9.59. The molecule has 1 amide bonds. The second kappa shape index (κ2) is 4.65. The average Bonchev–Trinajstić information content (AvgIpc) is 2.75. The van der Waals surface area contributed by atoms with Crippen LogP contribution in [0.3, 0.4) is 0 Å². The van der Waals surface area contributed by atoms with Gasteiger partial charge in [0.25, 0.3) is 5.91 Å². The van der Waals surface area contributed by atoms with E-state index in [1.165, 1.54) is 6.42 Å². The predicted molar refractivity (Wildman–Crippen MR) is 60.9 cm³/mol. The summed E-state index contributed by atoms with van der Waals surface area (Å²) in [6.45, 7) is 1.36. The minimum Gasteiger partial charge on any atom is -0.334 e. The molecule has 0 radical (unpaired) electrons. The third kappa shape index (κ3) is 2.09. The molecule has 0 bridgehead atoms. The quantitative estimate of drug-likeness (QED) is 0.786. The number of aromatic nitrogens is 2. The molecule has 1 aliphatic heterocycles. The maximum Gasteiger partial charge on any atom is 0.257 e. The monoisotopic (exact) mass is 222 g/mol. The maximum absolute atomic E-state index is 12.2.